The predicted molar refractivity (Wildman–Crippen MR) is 133 cm³/mol. The van der Waals surface area contributed by atoms with Gasteiger partial charge in [-0.1, -0.05) is 96.5 Å². The van der Waals surface area contributed by atoms with Crippen molar-refractivity contribution >= 4 is 29.0 Å². The summed E-state index contributed by atoms with van der Waals surface area (Å²) in [7, 11) is 0. The van der Waals surface area contributed by atoms with E-state index in [4.69, 9.17) is 27.3 Å². The van der Waals surface area contributed by atoms with Gasteiger partial charge in [-0.25, -0.2) is 9.98 Å². The van der Waals surface area contributed by atoms with Crippen molar-refractivity contribution in [1.82, 2.24) is 5.32 Å². The Labute approximate surface area is 192 Å². The normalized spacial score (nSPS) is 15.5. The second-order valence-corrected chi connectivity index (χ2v) is 7.98. The molecule has 0 fully saturated rings. The van der Waals surface area contributed by atoms with Crippen LogP contribution in [0.5, 0.6) is 0 Å². The van der Waals surface area contributed by atoms with Crippen molar-refractivity contribution in [3.63, 3.8) is 0 Å². The summed E-state index contributed by atoms with van der Waals surface area (Å²) in [6.45, 7) is 0. The fraction of sp³-hybridized carbons (Fsp3) is 0.0370. The maximum atomic E-state index is 6.17. The summed E-state index contributed by atoms with van der Waals surface area (Å²) >= 11 is 6.17. The first-order chi connectivity index (χ1) is 15.7. The molecule has 5 heteroatoms. The number of aliphatic imine (C=N–C) groups is 2. The first-order valence-corrected chi connectivity index (χ1v) is 10.7. The van der Waals surface area contributed by atoms with Crippen molar-refractivity contribution in [3.8, 4) is 11.1 Å². The van der Waals surface area contributed by atoms with E-state index in [1.54, 1.807) is 6.07 Å². The highest BCUT2D eigenvalue weighted by Gasteiger charge is 2.21. The monoisotopic (exact) mass is 436 g/mol. The molecular weight excluding hydrogens is 416 g/mol. The third kappa shape index (κ3) is 4.13. The van der Waals surface area contributed by atoms with Crippen LogP contribution in [-0.2, 0) is 0 Å². The van der Waals surface area contributed by atoms with Gasteiger partial charge in [0.15, 0.2) is 5.84 Å². The molecule has 4 aromatic carbocycles. The van der Waals surface area contributed by atoms with Gasteiger partial charge in [-0.2, -0.15) is 0 Å². The molecule has 0 aliphatic carbocycles. The van der Waals surface area contributed by atoms with Crippen molar-refractivity contribution < 1.29 is 0 Å². The van der Waals surface area contributed by atoms with Crippen LogP contribution in [0.25, 0.3) is 11.1 Å². The van der Waals surface area contributed by atoms with Gasteiger partial charge < -0.3 is 11.1 Å². The molecule has 0 radical (unpaired) electrons. The van der Waals surface area contributed by atoms with Gasteiger partial charge in [0.2, 0.25) is 0 Å². The minimum Gasteiger partial charge on any atom is -0.398 e. The van der Waals surface area contributed by atoms with Gasteiger partial charge in [0.1, 0.15) is 12.0 Å². The summed E-state index contributed by atoms with van der Waals surface area (Å²) in [5.74, 6) is 1.50. The van der Waals surface area contributed by atoms with Crippen LogP contribution in [0.3, 0.4) is 0 Å². The lowest BCUT2D eigenvalue weighted by atomic mass is 10.0. The lowest BCUT2D eigenvalue weighted by Crippen LogP contribution is -2.33. The zero-order valence-electron chi connectivity index (χ0n) is 17.2. The average Bonchev–Trinajstić information content (AvgIpc) is 2.86. The topological polar surface area (TPSA) is 62.8 Å². The quantitative estimate of drug-likeness (QED) is 0.380. The van der Waals surface area contributed by atoms with Crippen LogP contribution < -0.4 is 11.1 Å². The lowest BCUT2D eigenvalue weighted by Gasteiger charge is -2.24. The summed E-state index contributed by atoms with van der Waals surface area (Å²) in [6, 6.07) is 33.9. The van der Waals surface area contributed by atoms with Gasteiger partial charge in [0, 0.05) is 27.4 Å². The third-order valence-electron chi connectivity index (χ3n) is 5.37. The van der Waals surface area contributed by atoms with Gasteiger partial charge in [0.25, 0.3) is 0 Å². The number of nitrogens with one attached hydrogen (secondary N) is 1. The van der Waals surface area contributed by atoms with Crippen LogP contribution in [0.1, 0.15) is 22.9 Å². The smallest absolute Gasteiger partial charge is 0.159 e. The lowest BCUT2D eigenvalue weighted by molar-refractivity contribution is 0.674. The number of hydrogen-bond acceptors (Lipinski definition) is 4. The standard InChI is InChI=1S/C27H21ClN4/c28-22-15-16-24(29)23(17-22)18-11-13-21(14-12-18)27-31-25(19-7-3-1-4-8-19)30-26(32-27)20-9-5-2-6-10-20/h1-17,27H,29H2,(H,30,31,32). The number of amidine groups is 2. The molecule has 0 saturated heterocycles. The van der Waals surface area contributed by atoms with Crippen molar-refractivity contribution in [3.05, 3.63) is 125 Å². The molecule has 0 bridgehead atoms. The fourth-order valence-electron chi connectivity index (χ4n) is 3.70. The third-order valence-corrected chi connectivity index (χ3v) is 5.61. The van der Waals surface area contributed by atoms with E-state index >= 15 is 0 Å². The molecule has 5 rings (SSSR count). The van der Waals surface area contributed by atoms with E-state index in [0.29, 0.717) is 16.5 Å². The molecule has 1 unspecified atom stereocenters. The fourth-order valence-corrected chi connectivity index (χ4v) is 3.87. The zero-order valence-corrected chi connectivity index (χ0v) is 18.0. The Bertz CT molecular complexity index is 1300. The Morgan fingerprint density at radius 1 is 0.719 bits per heavy atom. The number of nitrogen functional groups attached to an aromatic ring is 1. The van der Waals surface area contributed by atoms with Crippen molar-refractivity contribution in [2.75, 3.05) is 5.73 Å². The number of hydrogen-bond donors (Lipinski definition) is 2. The highest BCUT2D eigenvalue weighted by atomic mass is 35.5. The molecule has 4 aromatic rings. The van der Waals surface area contributed by atoms with E-state index in [-0.39, 0.29) is 6.17 Å². The molecule has 1 atom stereocenters. The summed E-state index contributed by atoms with van der Waals surface area (Å²) in [6.07, 6.45) is -0.260. The van der Waals surface area contributed by atoms with E-state index in [2.05, 4.69) is 17.4 Å². The summed E-state index contributed by atoms with van der Waals surface area (Å²) in [5.41, 5.74) is 11.8. The Balaban J connectivity index is 1.51. The average molecular weight is 437 g/mol. The Morgan fingerprint density at radius 2 is 1.38 bits per heavy atom. The van der Waals surface area contributed by atoms with E-state index in [9.17, 15) is 0 Å². The molecule has 156 valence electrons. The van der Waals surface area contributed by atoms with Crippen LogP contribution >= 0.6 is 11.6 Å². The van der Waals surface area contributed by atoms with Crippen LogP contribution in [-0.4, -0.2) is 11.7 Å². The first kappa shape index (κ1) is 20.0. The van der Waals surface area contributed by atoms with E-state index in [1.807, 2.05) is 84.9 Å². The molecule has 0 spiro atoms. The Kier molecular flexibility index (Phi) is 5.44. The summed E-state index contributed by atoms with van der Waals surface area (Å²) < 4.78 is 0. The second-order valence-electron chi connectivity index (χ2n) is 7.55. The number of halogens is 1. The van der Waals surface area contributed by atoms with Gasteiger partial charge >= 0.3 is 0 Å². The second kappa shape index (κ2) is 8.69. The van der Waals surface area contributed by atoms with Crippen LogP contribution in [0.4, 0.5) is 5.69 Å². The summed E-state index contributed by atoms with van der Waals surface area (Å²) in [5, 5.41) is 4.14. The maximum absolute atomic E-state index is 6.17. The van der Waals surface area contributed by atoms with Crippen LogP contribution in [0.15, 0.2) is 113 Å². The molecule has 32 heavy (non-hydrogen) atoms. The number of nitrogens with two attached hydrogens (primary N) is 1. The minimum absolute atomic E-state index is 0.260. The molecule has 1 heterocycles. The molecule has 0 saturated carbocycles. The molecular formula is C27H21ClN4. The predicted octanol–water partition coefficient (Wildman–Crippen LogP) is 6.08. The van der Waals surface area contributed by atoms with Crippen LogP contribution in [0, 0.1) is 0 Å². The number of anilines is 1. The first-order valence-electron chi connectivity index (χ1n) is 10.4. The molecule has 0 amide bonds. The number of benzene rings is 4. The van der Waals surface area contributed by atoms with Crippen LogP contribution in [0.2, 0.25) is 5.02 Å². The molecule has 1 aliphatic heterocycles. The number of rotatable bonds is 4. The SMILES string of the molecule is Nc1ccc(Cl)cc1-c1ccc(C2N=C(c3ccccc3)N=C(c3ccccc3)N2)cc1. The van der Waals surface area contributed by atoms with E-state index in [1.165, 1.54) is 0 Å². The Hall–Kier alpha value is -3.89. The van der Waals surface area contributed by atoms with Gasteiger partial charge in [-0.15, -0.1) is 0 Å². The van der Waals surface area contributed by atoms with Crippen molar-refractivity contribution in [1.29, 1.82) is 0 Å². The maximum Gasteiger partial charge on any atom is 0.159 e. The molecule has 0 aromatic heterocycles. The zero-order chi connectivity index (χ0) is 21.9. The Morgan fingerprint density at radius 3 is 2.06 bits per heavy atom. The largest absolute Gasteiger partial charge is 0.398 e. The summed E-state index contributed by atoms with van der Waals surface area (Å²) in [4.78, 5) is 9.71. The van der Waals surface area contributed by atoms with Crippen molar-refractivity contribution in [2.45, 2.75) is 6.17 Å². The van der Waals surface area contributed by atoms with Gasteiger partial charge in [0.05, 0.1) is 0 Å². The molecule has 3 N–H and O–H groups in total. The van der Waals surface area contributed by atoms with Gasteiger partial charge in [-0.3, -0.25) is 0 Å². The highest BCUT2D eigenvalue weighted by Crippen LogP contribution is 2.30. The minimum atomic E-state index is -0.260. The molecule has 1 aliphatic rings. The van der Waals surface area contributed by atoms with E-state index in [0.717, 1.165) is 33.7 Å². The van der Waals surface area contributed by atoms with Crippen molar-refractivity contribution in [2.24, 2.45) is 9.98 Å². The molecule has 4 nitrogen and oxygen atoms in total. The highest BCUT2D eigenvalue weighted by molar-refractivity contribution is 6.31. The van der Waals surface area contributed by atoms with E-state index < -0.39 is 0 Å². The van der Waals surface area contributed by atoms with Gasteiger partial charge in [-0.05, 0) is 29.3 Å². The number of nitrogens with zero attached hydrogens (tertiary/aromatic N) is 2.